The number of hydrogen-bond donors (Lipinski definition) is 0. The minimum Gasteiger partial charge on any atom is -0.457 e. The van der Waals surface area contributed by atoms with E-state index < -0.39 is 6.04 Å². The lowest BCUT2D eigenvalue weighted by molar-refractivity contribution is 0.0716. The monoisotopic (exact) mass is 468 g/mol. The number of ether oxygens (including phenoxy) is 1. The van der Waals surface area contributed by atoms with E-state index in [1.165, 1.54) is 0 Å². The third-order valence-corrected chi connectivity index (χ3v) is 6.52. The molecule has 1 aromatic heterocycles. The van der Waals surface area contributed by atoms with Crippen LogP contribution in [0, 0.1) is 13.8 Å². The first-order valence-corrected chi connectivity index (χ1v) is 11.7. The zero-order valence-electron chi connectivity index (χ0n) is 20.4. The Morgan fingerprint density at radius 1 is 0.914 bits per heavy atom. The molecule has 6 nitrogen and oxygen atoms in total. The van der Waals surface area contributed by atoms with Gasteiger partial charge in [0.2, 0.25) is 5.76 Å². The zero-order valence-corrected chi connectivity index (χ0v) is 20.4. The van der Waals surface area contributed by atoms with Crippen LogP contribution in [0.2, 0.25) is 0 Å². The quantitative estimate of drug-likeness (QED) is 0.384. The van der Waals surface area contributed by atoms with Gasteiger partial charge in [0.15, 0.2) is 5.43 Å². The van der Waals surface area contributed by atoms with Gasteiger partial charge in [-0.15, -0.1) is 0 Å². The first kappa shape index (κ1) is 22.9. The normalized spacial score (nSPS) is 15.2. The number of hydrogen-bond acceptors (Lipinski definition) is 5. The summed E-state index contributed by atoms with van der Waals surface area (Å²) in [5.41, 5.74) is 3.50. The van der Waals surface area contributed by atoms with Gasteiger partial charge >= 0.3 is 0 Å². The number of likely N-dealkylation sites (N-methyl/N-ethyl adjacent to an activating group) is 1. The molecule has 0 N–H and O–H groups in total. The molecule has 1 amide bonds. The summed E-state index contributed by atoms with van der Waals surface area (Å²) >= 11 is 0. The Kier molecular flexibility index (Phi) is 5.91. The molecular weight excluding hydrogens is 440 g/mol. The predicted molar refractivity (Wildman–Crippen MR) is 136 cm³/mol. The van der Waals surface area contributed by atoms with Crippen LogP contribution in [0.4, 0.5) is 0 Å². The summed E-state index contributed by atoms with van der Waals surface area (Å²) in [6.07, 6.45) is 0. The van der Waals surface area contributed by atoms with E-state index in [1.54, 1.807) is 4.90 Å². The van der Waals surface area contributed by atoms with Crippen molar-refractivity contribution in [3.63, 3.8) is 0 Å². The van der Waals surface area contributed by atoms with Crippen LogP contribution in [0.15, 0.2) is 75.9 Å². The molecule has 4 aromatic rings. The second-order valence-corrected chi connectivity index (χ2v) is 9.30. The van der Waals surface area contributed by atoms with Crippen LogP contribution in [0.25, 0.3) is 11.0 Å². The molecule has 2 heterocycles. The van der Waals surface area contributed by atoms with E-state index in [0.29, 0.717) is 41.1 Å². The molecule has 1 atom stereocenters. The van der Waals surface area contributed by atoms with Gasteiger partial charge in [-0.05, 0) is 81.0 Å². The minimum atomic E-state index is -0.556. The maximum atomic E-state index is 13.8. The average Bonchev–Trinajstić information content (AvgIpc) is 3.12. The summed E-state index contributed by atoms with van der Waals surface area (Å²) in [6.45, 7) is 5.05. The number of benzene rings is 3. The Labute approximate surface area is 204 Å². The molecule has 178 valence electrons. The van der Waals surface area contributed by atoms with Gasteiger partial charge in [-0.1, -0.05) is 30.3 Å². The van der Waals surface area contributed by atoms with Crippen molar-refractivity contribution in [3.8, 4) is 11.5 Å². The minimum absolute atomic E-state index is 0.129. The van der Waals surface area contributed by atoms with Crippen molar-refractivity contribution < 1.29 is 13.9 Å². The lowest BCUT2D eigenvalue weighted by Crippen LogP contribution is -2.35. The molecule has 0 radical (unpaired) electrons. The van der Waals surface area contributed by atoms with E-state index in [-0.39, 0.29) is 17.1 Å². The molecule has 0 bridgehead atoms. The van der Waals surface area contributed by atoms with E-state index in [1.807, 2.05) is 99.6 Å². The molecule has 3 aromatic carbocycles. The van der Waals surface area contributed by atoms with Gasteiger partial charge in [0, 0.05) is 13.1 Å². The van der Waals surface area contributed by atoms with Gasteiger partial charge in [0.25, 0.3) is 5.91 Å². The summed E-state index contributed by atoms with van der Waals surface area (Å²) in [6, 6.07) is 20.2. The third-order valence-electron chi connectivity index (χ3n) is 6.52. The summed E-state index contributed by atoms with van der Waals surface area (Å²) in [5, 5.41) is 0.496. The van der Waals surface area contributed by atoms with Gasteiger partial charge in [-0.2, -0.15) is 0 Å². The summed E-state index contributed by atoms with van der Waals surface area (Å²) in [5.74, 6) is 1.22. The fourth-order valence-electron chi connectivity index (χ4n) is 4.53. The Hall–Kier alpha value is -3.90. The smallest absolute Gasteiger partial charge is 0.290 e. The van der Waals surface area contributed by atoms with Crippen LogP contribution >= 0.6 is 0 Å². The van der Waals surface area contributed by atoms with Crippen molar-refractivity contribution in [1.29, 1.82) is 0 Å². The van der Waals surface area contributed by atoms with E-state index in [9.17, 15) is 9.59 Å². The maximum Gasteiger partial charge on any atom is 0.290 e. The Morgan fingerprint density at radius 3 is 2.37 bits per heavy atom. The number of amides is 1. The maximum absolute atomic E-state index is 13.8. The third kappa shape index (κ3) is 4.21. The Balaban J connectivity index is 1.65. The van der Waals surface area contributed by atoms with Crippen LogP contribution < -0.4 is 10.2 Å². The van der Waals surface area contributed by atoms with Gasteiger partial charge in [0.1, 0.15) is 17.1 Å². The number of carbonyl (C=O) groups is 1. The molecule has 1 aliphatic heterocycles. The van der Waals surface area contributed by atoms with Crippen molar-refractivity contribution >= 4 is 16.9 Å². The summed E-state index contributed by atoms with van der Waals surface area (Å²) in [4.78, 5) is 31.1. The highest BCUT2D eigenvalue weighted by Gasteiger charge is 2.42. The highest BCUT2D eigenvalue weighted by Crippen LogP contribution is 2.39. The van der Waals surface area contributed by atoms with Crippen molar-refractivity contribution in [3.05, 3.63) is 105 Å². The SMILES string of the molecule is Cc1cc2oc3c(c(=O)c2cc1C)C(c1cccc(Oc2ccccc2)c1)N(CCN(C)C)C3=O. The van der Waals surface area contributed by atoms with Gasteiger partial charge in [0.05, 0.1) is 17.0 Å². The molecule has 0 saturated carbocycles. The number of aryl methyl sites for hydroxylation is 2. The number of rotatable bonds is 6. The predicted octanol–water partition coefficient (Wildman–Crippen LogP) is 5.31. The molecule has 0 fully saturated rings. The fraction of sp³-hybridized carbons (Fsp3) is 0.241. The van der Waals surface area contributed by atoms with Crippen LogP contribution in [0.3, 0.4) is 0 Å². The number of nitrogens with zero attached hydrogens (tertiary/aromatic N) is 2. The Bertz CT molecular complexity index is 1470. The van der Waals surface area contributed by atoms with Crippen molar-refractivity contribution in [1.82, 2.24) is 9.80 Å². The van der Waals surface area contributed by atoms with Crippen molar-refractivity contribution in [2.45, 2.75) is 19.9 Å². The van der Waals surface area contributed by atoms with Crippen LogP contribution in [0.1, 0.15) is 38.9 Å². The zero-order chi connectivity index (χ0) is 24.7. The topological polar surface area (TPSA) is 63.0 Å². The second-order valence-electron chi connectivity index (χ2n) is 9.30. The molecule has 0 saturated heterocycles. The van der Waals surface area contributed by atoms with Gasteiger partial charge < -0.3 is 19.0 Å². The highest BCUT2D eigenvalue weighted by atomic mass is 16.5. The molecular formula is C29H28N2O4. The highest BCUT2D eigenvalue weighted by molar-refractivity contribution is 5.99. The molecule has 1 aliphatic rings. The van der Waals surface area contributed by atoms with E-state index in [2.05, 4.69) is 0 Å². The lowest BCUT2D eigenvalue weighted by atomic mass is 9.97. The summed E-state index contributed by atoms with van der Waals surface area (Å²) in [7, 11) is 3.92. The molecule has 6 heteroatoms. The van der Waals surface area contributed by atoms with Crippen LogP contribution in [0.5, 0.6) is 11.5 Å². The largest absolute Gasteiger partial charge is 0.457 e. The van der Waals surface area contributed by atoms with Crippen LogP contribution in [-0.4, -0.2) is 42.9 Å². The number of para-hydroxylation sites is 1. The van der Waals surface area contributed by atoms with E-state index in [4.69, 9.17) is 9.15 Å². The second kappa shape index (κ2) is 9.04. The molecule has 1 unspecified atom stereocenters. The Morgan fingerprint density at radius 2 is 1.63 bits per heavy atom. The van der Waals surface area contributed by atoms with Gasteiger partial charge in [-0.3, -0.25) is 9.59 Å². The molecule has 0 spiro atoms. The average molecular weight is 469 g/mol. The van der Waals surface area contributed by atoms with Crippen LogP contribution in [-0.2, 0) is 0 Å². The summed E-state index contributed by atoms with van der Waals surface area (Å²) < 4.78 is 12.2. The number of fused-ring (bicyclic) bond motifs is 2. The fourth-order valence-corrected chi connectivity index (χ4v) is 4.53. The standard InChI is InChI=1S/C29H28N2O4/c1-18-15-23-24(16-19(18)2)35-28-25(27(23)32)26(31(29(28)33)14-13-30(3)4)20-9-8-12-22(17-20)34-21-10-6-5-7-11-21/h5-12,15-17,26H,13-14H2,1-4H3. The molecule has 0 aliphatic carbocycles. The number of carbonyl (C=O) groups excluding carboxylic acids is 1. The lowest BCUT2D eigenvalue weighted by Gasteiger charge is -2.26. The van der Waals surface area contributed by atoms with E-state index in [0.717, 1.165) is 16.7 Å². The molecule has 35 heavy (non-hydrogen) atoms. The van der Waals surface area contributed by atoms with E-state index >= 15 is 0 Å². The van der Waals surface area contributed by atoms with Gasteiger partial charge in [-0.25, -0.2) is 0 Å². The first-order valence-electron chi connectivity index (χ1n) is 11.7. The van der Waals surface area contributed by atoms with Crippen molar-refractivity contribution in [2.24, 2.45) is 0 Å². The molecule has 5 rings (SSSR count). The van der Waals surface area contributed by atoms with Crippen molar-refractivity contribution in [2.75, 3.05) is 27.2 Å². The first-order chi connectivity index (χ1) is 16.8.